The van der Waals surface area contributed by atoms with E-state index in [-0.39, 0.29) is 24.9 Å². The van der Waals surface area contributed by atoms with Crippen molar-refractivity contribution in [3.8, 4) is 0 Å². The molecular formula is C63H119NO5. The molecule has 0 saturated carbocycles. The summed E-state index contributed by atoms with van der Waals surface area (Å²) in [5, 5.41) is 24.0. The van der Waals surface area contributed by atoms with Crippen LogP contribution in [0.3, 0.4) is 0 Å². The first kappa shape index (κ1) is 67.1. The topological polar surface area (TPSA) is 95.9 Å². The number of hydrogen-bond donors (Lipinski definition) is 3. The summed E-state index contributed by atoms with van der Waals surface area (Å²) in [6.45, 7) is 6.42. The Hall–Kier alpha value is -1.92. The molecular weight excluding hydrogens is 851 g/mol. The maximum absolute atomic E-state index is 13.3. The van der Waals surface area contributed by atoms with Gasteiger partial charge in [-0.05, 0) is 57.8 Å². The Bertz CT molecular complexity index is 1130. The van der Waals surface area contributed by atoms with Gasteiger partial charge in [-0.1, -0.05) is 295 Å². The normalized spacial score (nSPS) is 13.3. The summed E-state index contributed by atoms with van der Waals surface area (Å²) in [5.41, 5.74) is 0. The number of aliphatic hydroxyl groups excluding tert-OH is 2. The number of allylic oxidation sites excluding steroid dienone is 6. The predicted molar refractivity (Wildman–Crippen MR) is 301 cm³/mol. The lowest BCUT2D eigenvalue weighted by Gasteiger charge is -2.24. The third-order valence-electron chi connectivity index (χ3n) is 14.2. The van der Waals surface area contributed by atoms with Crippen molar-refractivity contribution in [3.63, 3.8) is 0 Å². The highest BCUT2D eigenvalue weighted by Crippen LogP contribution is 2.19. The Morgan fingerprint density at radius 1 is 0.435 bits per heavy atom. The van der Waals surface area contributed by atoms with Gasteiger partial charge >= 0.3 is 5.97 Å². The Balaban J connectivity index is 4.52. The van der Waals surface area contributed by atoms with Gasteiger partial charge in [0.2, 0.25) is 5.91 Å². The average Bonchev–Trinajstić information content (AvgIpc) is 3.34. The van der Waals surface area contributed by atoms with E-state index in [0.29, 0.717) is 19.3 Å². The number of esters is 1. The smallest absolute Gasteiger partial charge is 0.306 e. The number of nitrogens with one attached hydrogen (secondary N) is 1. The third-order valence-corrected chi connectivity index (χ3v) is 14.2. The number of carbonyl (C=O) groups is 2. The van der Waals surface area contributed by atoms with E-state index in [1.54, 1.807) is 0 Å². The molecule has 3 atom stereocenters. The van der Waals surface area contributed by atoms with Gasteiger partial charge in [0, 0.05) is 6.42 Å². The van der Waals surface area contributed by atoms with Gasteiger partial charge in [0.15, 0.2) is 0 Å². The highest BCUT2D eigenvalue weighted by molar-refractivity contribution is 5.77. The molecule has 0 spiro atoms. The molecule has 69 heavy (non-hydrogen) atoms. The van der Waals surface area contributed by atoms with E-state index in [9.17, 15) is 19.8 Å². The molecule has 0 radical (unpaired) electrons. The Labute approximate surface area is 430 Å². The molecule has 0 aromatic rings. The minimum atomic E-state index is -0.789. The molecule has 0 aromatic carbocycles. The molecule has 3 N–H and O–H groups in total. The van der Waals surface area contributed by atoms with Crippen LogP contribution in [0.4, 0.5) is 0 Å². The zero-order chi connectivity index (χ0) is 50.2. The summed E-state index contributed by atoms with van der Waals surface area (Å²) in [5.74, 6) is -0.468. The molecule has 406 valence electrons. The van der Waals surface area contributed by atoms with Crippen LogP contribution in [-0.4, -0.2) is 46.9 Å². The highest BCUT2D eigenvalue weighted by Gasteiger charge is 2.24. The van der Waals surface area contributed by atoms with Crippen LogP contribution in [0.15, 0.2) is 36.5 Å². The molecule has 0 bridgehead atoms. The first-order chi connectivity index (χ1) is 34.0. The number of rotatable bonds is 56. The van der Waals surface area contributed by atoms with Crippen molar-refractivity contribution in [3.05, 3.63) is 36.5 Å². The SMILES string of the molecule is CC/C=C/C/C=C/C/C=C/CCCCCCCCC(=O)OC(CCCCCCCCCCCCCCCCCCC)CC(=O)NC(CO)C(O)CCCCCCCCCCCCCCCCCCC. The molecule has 3 unspecified atom stereocenters. The van der Waals surface area contributed by atoms with E-state index in [1.165, 1.54) is 212 Å². The van der Waals surface area contributed by atoms with Gasteiger partial charge in [0.1, 0.15) is 6.10 Å². The van der Waals surface area contributed by atoms with Gasteiger partial charge in [-0.2, -0.15) is 0 Å². The number of hydrogen-bond acceptors (Lipinski definition) is 5. The van der Waals surface area contributed by atoms with Crippen molar-refractivity contribution in [2.75, 3.05) is 6.61 Å². The molecule has 0 rings (SSSR count). The summed E-state index contributed by atoms with van der Waals surface area (Å²) in [6.07, 6.45) is 69.3. The van der Waals surface area contributed by atoms with Crippen molar-refractivity contribution in [2.45, 2.75) is 347 Å². The molecule has 6 nitrogen and oxygen atoms in total. The van der Waals surface area contributed by atoms with Gasteiger partial charge in [0.25, 0.3) is 0 Å². The molecule has 0 aliphatic rings. The second-order valence-corrected chi connectivity index (χ2v) is 21.1. The lowest BCUT2D eigenvalue weighted by Crippen LogP contribution is -2.46. The van der Waals surface area contributed by atoms with E-state index < -0.39 is 18.2 Å². The van der Waals surface area contributed by atoms with Crippen molar-refractivity contribution >= 4 is 11.9 Å². The van der Waals surface area contributed by atoms with Crippen molar-refractivity contribution < 1.29 is 24.5 Å². The van der Waals surface area contributed by atoms with Gasteiger partial charge in [-0.25, -0.2) is 0 Å². The number of aliphatic hydroxyl groups is 2. The van der Waals surface area contributed by atoms with E-state index in [4.69, 9.17) is 4.74 Å². The second-order valence-electron chi connectivity index (χ2n) is 21.1. The maximum Gasteiger partial charge on any atom is 0.306 e. The lowest BCUT2D eigenvalue weighted by molar-refractivity contribution is -0.151. The summed E-state index contributed by atoms with van der Waals surface area (Å²) in [7, 11) is 0. The molecule has 1 amide bonds. The number of unbranched alkanes of at least 4 members (excludes halogenated alkanes) is 38. The zero-order valence-corrected chi connectivity index (χ0v) is 46.5. The van der Waals surface area contributed by atoms with Crippen molar-refractivity contribution in [1.82, 2.24) is 5.32 Å². The summed E-state index contributed by atoms with van der Waals surface area (Å²) in [6, 6.07) is -0.702. The number of carbonyl (C=O) groups excluding carboxylic acids is 2. The van der Waals surface area contributed by atoms with Crippen LogP contribution in [0.5, 0.6) is 0 Å². The Morgan fingerprint density at radius 3 is 1.19 bits per heavy atom. The molecule has 0 saturated heterocycles. The first-order valence-electron chi connectivity index (χ1n) is 30.7. The van der Waals surface area contributed by atoms with Crippen LogP contribution >= 0.6 is 0 Å². The fourth-order valence-electron chi connectivity index (χ4n) is 9.63. The van der Waals surface area contributed by atoms with E-state index >= 15 is 0 Å². The Morgan fingerprint density at radius 2 is 0.783 bits per heavy atom. The van der Waals surface area contributed by atoms with Gasteiger partial charge in [-0.15, -0.1) is 0 Å². The van der Waals surface area contributed by atoms with E-state index in [0.717, 1.165) is 70.6 Å². The fourth-order valence-corrected chi connectivity index (χ4v) is 9.63. The highest BCUT2D eigenvalue weighted by atomic mass is 16.5. The average molecular weight is 971 g/mol. The van der Waals surface area contributed by atoms with Crippen LogP contribution in [-0.2, 0) is 14.3 Å². The fraction of sp³-hybridized carbons (Fsp3) is 0.873. The summed E-state index contributed by atoms with van der Waals surface area (Å²) >= 11 is 0. The van der Waals surface area contributed by atoms with E-state index in [1.807, 2.05) is 0 Å². The van der Waals surface area contributed by atoms with Crippen LogP contribution in [0.2, 0.25) is 0 Å². The second kappa shape index (κ2) is 57.0. The minimum Gasteiger partial charge on any atom is -0.462 e. The molecule has 0 heterocycles. The monoisotopic (exact) mass is 970 g/mol. The van der Waals surface area contributed by atoms with Crippen LogP contribution in [0.1, 0.15) is 329 Å². The quantitative estimate of drug-likeness (QED) is 0.0321. The van der Waals surface area contributed by atoms with Gasteiger partial charge < -0.3 is 20.3 Å². The first-order valence-corrected chi connectivity index (χ1v) is 30.7. The largest absolute Gasteiger partial charge is 0.462 e. The van der Waals surface area contributed by atoms with Crippen molar-refractivity contribution in [2.24, 2.45) is 0 Å². The van der Waals surface area contributed by atoms with Crippen LogP contribution < -0.4 is 5.32 Å². The molecule has 6 heteroatoms. The third kappa shape index (κ3) is 52.2. The molecule has 0 fully saturated rings. The maximum atomic E-state index is 13.3. The van der Waals surface area contributed by atoms with Gasteiger partial charge in [-0.3, -0.25) is 9.59 Å². The van der Waals surface area contributed by atoms with E-state index in [2.05, 4.69) is 62.5 Å². The number of amides is 1. The predicted octanol–water partition coefficient (Wildman–Crippen LogP) is 19.2. The van der Waals surface area contributed by atoms with Crippen molar-refractivity contribution in [1.29, 1.82) is 0 Å². The minimum absolute atomic E-state index is 0.0774. The standard InChI is InChI=1S/C63H119NO5/c1-4-7-10-13-16-19-22-25-28-31-33-36-39-42-45-48-51-54-59(69-63(68)56-53-50-47-44-41-38-35-30-27-24-21-18-15-12-9-6-3)57-62(67)64-60(58-65)61(66)55-52-49-46-43-40-37-34-32-29-26-23-20-17-14-11-8-5-2/h9,12,18,21,27,30,59-61,65-66H,4-8,10-11,13-17,19-20,22-26,28-29,31-58H2,1-3H3,(H,64,67)/b12-9+,21-18+,30-27+. The summed E-state index contributed by atoms with van der Waals surface area (Å²) in [4.78, 5) is 26.3. The van der Waals surface area contributed by atoms with Gasteiger partial charge in [0.05, 0.1) is 25.2 Å². The molecule has 0 aliphatic heterocycles. The van der Waals surface area contributed by atoms with Crippen LogP contribution in [0, 0.1) is 0 Å². The van der Waals surface area contributed by atoms with Crippen LogP contribution in [0.25, 0.3) is 0 Å². The lowest BCUT2D eigenvalue weighted by atomic mass is 10.0. The molecule has 0 aliphatic carbocycles. The Kier molecular flexibility index (Phi) is 55.4. The summed E-state index contributed by atoms with van der Waals surface area (Å²) < 4.78 is 5.98. The molecule has 0 aromatic heterocycles. The number of ether oxygens (including phenoxy) is 1. The zero-order valence-electron chi connectivity index (χ0n) is 46.5.